The fraction of sp³-hybridized carbons (Fsp3) is 0.350. The summed E-state index contributed by atoms with van der Waals surface area (Å²) in [6.45, 7) is 2.54. The van der Waals surface area contributed by atoms with Gasteiger partial charge in [0.1, 0.15) is 6.61 Å². The number of nitrogens with zero attached hydrogens (tertiary/aromatic N) is 2. The lowest BCUT2D eigenvalue weighted by Crippen LogP contribution is -2.54. The molecular weight excluding hydrogens is 442 g/mol. The highest BCUT2D eigenvalue weighted by molar-refractivity contribution is 9.10. The first-order valence-corrected chi connectivity index (χ1v) is 10.0. The molecule has 1 N–H and O–H groups in total. The number of hydrogen-bond acceptors (Lipinski definition) is 6. The van der Waals surface area contributed by atoms with Gasteiger partial charge in [-0.15, -0.1) is 0 Å². The quantitative estimate of drug-likeness (QED) is 0.498. The number of nitro groups is 1. The van der Waals surface area contributed by atoms with E-state index in [4.69, 9.17) is 9.47 Å². The van der Waals surface area contributed by atoms with Crippen LogP contribution >= 0.6 is 15.9 Å². The van der Waals surface area contributed by atoms with Crippen molar-refractivity contribution in [3.05, 3.63) is 74.2 Å². The van der Waals surface area contributed by atoms with Gasteiger partial charge in [-0.1, -0.05) is 46.3 Å². The van der Waals surface area contributed by atoms with Gasteiger partial charge in [0.15, 0.2) is 0 Å². The lowest BCUT2D eigenvalue weighted by molar-refractivity contribution is -0.385. The fourth-order valence-corrected chi connectivity index (χ4v) is 3.37. The molecule has 1 amide bonds. The molecule has 2 aromatic rings. The van der Waals surface area contributed by atoms with Crippen molar-refractivity contribution in [1.29, 1.82) is 0 Å². The second-order valence-corrected chi connectivity index (χ2v) is 7.54. The minimum atomic E-state index is -0.433. The Hall–Kier alpha value is -2.49. The molecule has 0 radical (unpaired) electrons. The SMILES string of the molecule is O=C(OCc1ccccc1)N1CCN[C@@H](COCc2cc([N+](=O)[O-])ccc2Br)C1. The zero-order valence-electron chi connectivity index (χ0n) is 15.8. The standard InChI is InChI=1S/C20H22BrN3O5/c21-19-7-6-18(24(26)27)10-16(19)13-28-14-17-11-23(9-8-22-17)20(25)29-12-15-4-2-1-3-5-15/h1-7,10,17,22H,8-9,11-14H2/t17-/m1/s1. The Kier molecular flexibility index (Phi) is 7.56. The van der Waals surface area contributed by atoms with E-state index in [-0.39, 0.29) is 31.0 Å². The molecule has 154 valence electrons. The van der Waals surface area contributed by atoms with Crippen LogP contribution in [-0.4, -0.2) is 48.2 Å². The highest BCUT2D eigenvalue weighted by Gasteiger charge is 2.24. The van der Waals surface area contributed by atoms with Gasteiger partial charge in [0.2, 0.25) is 0 Å². The van der Waals surface area contributed by atoms with Gasteiger partial charge < -0.3 is 19.7 Å². The topological polar surface area (TPSA) is 93.9 Å². The van der Waals surface area contributed by atoms with Crippen molar-refractivity contribution in [3.63, 3.8) is 0 Å². The van der Waals surface area contributed by atoms with Gasteiger partial charge in [0, 0.05) is 42.3 Å². The van der Waals surface area contributed by atoms with Crippen molar-refractivity contribution < 1.29 is 19.2 Å². The predicted octanol–water partition coefficient (Wildman–Crippen LogP) is 3.48. The second-order valence-electron chi connectivity index (χ2n) is 6.69. The number of halogens is 1. The maximum Gasteiger partial charge on any atom is 0.410 e. The van der Waals surface area contributed by atoms with Crippen LogP contribution in [0.1, 0.15) is 11.1 Å². The van der Waals surface area contributed by atoms with Crippen LogP contribution in [0.5, 0.6) is 0 Å². The van der Waals surface area contributed by atoms with Crippen molar-refractivity contribution in [3.8, 4) is 0 Å². The molecule has 0 aromatic heterocycles. The first-order valence-electron chi connectivity index (χ1n) is 9.22. The molecule has 1 heterocycles. The maximum absolute atomic E-state index is 12.3. The van der Waals surface area contributed by atoms with Crippen molar-refractivity contribution in [2.45, 2.75) is 19.3 Å². The Bertz CT molecular complexity index is 849. The molecule has 9 heteroatoms. The number of rotatable bonds is 7. The summed E-state index contributed by atoms with van der Waals surface area (Å²) in [7, 11) is 0. The van der Waals surface area contributed by atoms with Crippen LogP contribution in [-0.2, 0) is 22.7 Å². The molecular formula is C20H22BrN3O5. The fourth-order valence-electron chi connectivity index (χ4n) is 3.01. The molecule has 1 saturated heterocycles. The summed E-state index contributed by atoms with van der Waals surface area (Å²) in [5, 5.41) is 14.2. The van der Waals surface area contributed by atoms with Crippen LogP contribution in [0, 0.1) is 10.1 Å². The summed E-state index contributed by atoms with van der Waals surface area (Å²) in [5.74, 6) is 0. The normalized spacial score (nSPS) is 16.4. The van der Waals surface area contributed by atoms with Crippen molar-refractivity contribution in [2.75, 3.05) is 26.2 Å². The van der Waals surface area contributed by atoms with Gasteiger partial charge in [-0.05, 0) is 17.2 Å². The van der Waals surface area contributed by atoms with Gasteiger partial charge >= 0.3 is 6.09 Å². The Balaban J connectivity index is 1.45. The smallest absolute Gasteiger partial charge is 0.410 e. The van der Waals surface area contributed by atoms with Crippen molar-refractivity contribution >= 4 is 27.7 Å². The zero-order valence-corrected chi connectivity index (χ0v) is 17.3. The zero-order chi connectivity index (χ0) is 20.6. The monoisotopic (exact) mass is 463 g/mol. The molecule has 0 unspecified atom stereocenters. The van der Waals surface area contributed by atoms with Gasteiger partial charge in [0.25, 0.3) is 5.69 Å². The molecule has 29 heavy (non-hydrogen) atoms. The summed E-state index contributed by atoms with van der Waals surface area (Å²) in [6.07, 6.45) is -0.346. The Morgan fingerprint density at radius 3 is 2.79 bits per heavy atom. The van der Waals surface area contributed by atoms with E-state index in [2.05, 4.69) is 21.2 Å². The molecule has 0 spiro atoms. The largest absolute Gasteiger partial charge is 0.445 e. The van der Waals surface area contributed by atoms with Crippen LogP contribution in [0.25, 0.3) is 0 Å². The van der Waals surface area contributed by atoms with Crippen LogP contribution in [0.3, 0.4) is 0 Å². The molecule has 1 atom stereocenters. The second kappa shape index (κ2) is 10.3. The number of hydrogen-bond donors (Lipinski definition) is 1. The number of carbonyl (C=O) groups is 1. The third kappa shape index (κ3) is 6.25. The van der Waals surface area contributed by atoms with E-state index < -0.39 is 4.92 Å². The lowest BCUT2D eigenvalue weighted by atomic mass is 10.2. The van der Waals surface area contributed by atoms with Crippen LogP contribution in [0.4, 0.5) is 10.5 Å². The molecule has 0 aliphatic carbocycles. The number of ether oxygens (including phenoxy) is 2. The van der Waals surface area contributed by atoms with E-state index in [0.29, 0.717) is 31.8 Å². The summed E-state index contributed by atoms with van der Waals surface area (Å²) < 4.78 is 11.9. The molecule has 3 rings (SSSR count). The average molecular weight is 464 g/mol. The summed E-state index contributed by atoms with van der Waals surface area (Å²) in [5.41, 5.74) is 1.67. The highest BCUT2D eigenvalue weighted by Crippen LogP contribution is 2.23. The van der Waals surface area contributed by atoms with Crippen molar-refractivity contribution in [1.82, 2.24) is 10.2 Å². The Labute approximate surface area is 177 Å². The van der Waals surface area contributed by atoms with Crippen LogP contribution in [0.2, 0.25) is 0 Å². The van der Waals surface area contributed by atoms with E-state index in [1.54, 1.807) is 11.0 Å². The Morgan fingerprint density at radius 2 is 2.03 bits per heavy atom. The summed E-state index contributed by atoms with van der Waals surface area (Å²) in [4.78, 5) is 24.5. The average Bonchev–Trinajstić information content (AvgIpc) is 2.74. The van der Waals surface area contributed by atoms with Crippen molar-refractivity contribution in [2.24, 2.45) is 0 Å². The van der Waals surface area contributed by atoms with Gasteiger partial charge in [-0.3, -0.25) is 10.1 Å². The lowest BCUT2D eigenvalue weighted by Gasteiger charge is -2.32. The minimum absolute atomic E-state index is 0.0231. The minimum Gasteiger partial charge on any atom is -0.445 e. The molecule has 0 bridgehead atoms. The van der Waals surface area contributed by atoms with Gasteiger partial charge in [-0.25, -0.2) is 4.79 Å². The number of piperazine rings is 1. The molecule has 0 saturated carbocycles. The number of amides is 1. The molecule has 1 aliphatic heterocycles. The van der Waals surface area contributed by atoms with Gasteiger partial charge in [-0.2, -0.15) is 0 Å². The van der Waals surface area contributed by atoms with E-state index in [0.717, 1.165) is 10.0 Å². The van der Waals surface area contributed by atoms with Crippen LogP contribution in [0.15, 0.2) is 53.0 Å². The molecule has 1 aliphatic rings. The maximum atomic E-state index is 12.3. The number of nitrogens with one attached hydrogen (secondary N) is 1. The number of benzene rings is 2. The first-order chi connectivity index (χ1) is 14.0. The summed E-state index contributed by atoms with van der Waals surface area (Å²) in [6, 6.07) is 14.1. The molecule has 8 nitrogen and oxygen atoms in total. The van der Waals surface area contributed by atoms with E-state index in [1.165, 1.54) is 12.1 Å². The highest BCUT2D eigenvalue weighted by atomic mass is 79.9. The Morgan fingerprint density at radius 1 is 1.24 bits per heavy atom. The van der Waals surface area contributed by atoms with Crippen LogP contribution < -0.4 is 5.32 Å². The summed E-state index contributed by atoms with van der Waals surface area (Å²) >= 11 is 3.38. The van der Waals surface area contributed by atoms with Gasteiger partial charge in [0.05, 0.1) is 18.1 Å². The molecule has 2 aromatic carbocycles. The van der Waals surface area contributed by atoms with E-state index in [9.17, 15) is 14.9 Å². The molecule has 1 fully saturated rings. The number of nitro benzene ring substituents is 1. The number of carbonyl (C=O) groups excluding carboxylic acids is 1. The first kappa shape index (κ1) is 21.2. The van der Waals surface area contributed by atoms with E-state index >= 15 is 0 Å². The third-order valence-corrected chi connectivity index (χ3v) is 5.31. The predicted molar refractivity (Wildman–Crippen MR) is 110 cm³/mol. The third-order valence-electron chi connectivity index (χ3n) is 4.54. The number of non-ortho nitro benzene ring substituents is 1. The van der Waals surface area contributed by atoms with E-state index in [1.807, 2.05) is 30.3 Å².